The number of aromatic nitrogens is 1. The van der Waals surface area contributed by atoms with Gasteiger partial charge in [-0.05, 0) is 18.6 Å². The summed E-state index contributed by atoms with van der Waals surface area (Å²) >= 11 is 0. The third-order valence-electron chi connectivity index (χ3n) is 4.53. The Kier molecular flexibility index (Phi) is 4.39. The van der Waals surface area contributed by atoms with Gasteiger partial charge in [0.15, 0.2) is 5.75 Å². The fraction of sp³-hybridized carbons (Fsp3) is 0.389. The number of aromatic hydroxyl groups is 1. The second-order valence-corrected chi connectivity index (χ2v) is 6.17. The summed E-state index contributed by atoms with van der Waals surface area (Å²) in [5.41, 5.74) is 3.24. The molecule has 1 fully saturated rings. The molecular weight excluding hydrogens is 290 g/mol. The lowest BCUT2D eigenvalue weighted by molar-refractivity contribution is 0.244. The Morgan fingerprint density at radius 2 is 1.83 bits per heavy atom. The van der Waals surface area contributed by atoms with Crippen LogP contribution in [0.4, 0.5) is 5.69 Å². The molecule has 0 atom stereocenters. The van der Waals surface area contributed by atoms with Crippen molar-refractivity contribution in [2.45, 2.75) is 13.5 Å². The van der Waals surface area contributed by atoms with Crippen LogP contribution < -0.4 is 10.3 Å². The maximum atomic E-state index is 11.6. The van der Waals surface area contributed by atoms with Crippen molar-refractivity contribution in [1.82, 2.24) is 9.47 Å². The molecule has 0 saturated carbocycles. The molecule has 0 radical (unpaired) electrons. The fourth-order valence-corrected chi connectivity index (χ4v) is 3.11. The van der Waals surface area contributed by atoms with Crippen LogP contribution in [0.15, 0.2) is 41.3 Å². The molecule has 1 aromatic heterocycles. The van der Waals surface area contributed by atoms with Crippen molar-refractivity contribution in [1.29, 1.82) is 0 Å². The van der Waals surface area contributed by atoms with Gasteiger partial charge in [0, 0.05) is 63.4 Å². The van der Waals surface area contributed by atoms with Crippen LogP contribution in [-0.2, 0) is 13.6 Å². The van der Waals surface area contributed by atoms with Gasteiger partial charge >= 0.3 is 0 Å². The first-order valence-electron chi connectivity index (χ1n) is 7.96. The summed E-state index contributed by atoms with van der Waals surface area (Å²) in [6, 6.07) is 10.0. The average Bonchev–Trinajstić information content (AvgIpc) is 2.54. The van der Waals surface area contributed by atoms with Gasteiger partial charge < -0.3 is 14.6 Å². The van der Waals surface area contributed by atoms with E-state index in [4.69, 9.17) is 0 Å². The molecule has 0 unspecified atom stereocenters. The molecule has 1 saturated heterocycles. The first-order valence-corrected chi connectivity index (χ1v) is 7.96. The van der Waals surface area contributed by atoms with E-state index in [-0.39, 0.29) is 11.2 Å². The van der Waals surface area contributed by atoms with Crippen molar-refractivity contribution >= 4 is 5.69 Å². The predicted molar refractivity (Wildman–Crippen MR) is 92.0 cm³/mol. The minimum absolute atomic E-state index is 0.194. The highest BCUT2D eigenvalue weighted by atomic mass is 16.3. The molecule has 2 aromatic rings. The Hall–Kier alpha value is -2.27. The number of benzene rings is 1. The number of hydrogen-bond acceptors (Lipinski definition) is 4. The van der Waals surface area contributed by atoms with Crippen molar-refractivity contribution in [2.24, 2.45) is 7.05 Å². The van der Waals surface area contributed by atoms with Crippen molar-refractivity contribution < 1.29 is 5.11 Å². The highest BCUT2D eigenvalue weighted by Crippen LogP contribution is 2.21. The van der Waals surface area contributed by atoms with E-state index < -0.39 is 0 Å². The molecule has 0 spiro atoms. The van der Waals surface area contributed by atoms with Crippen LogP contribution in [-0.4, -0.2) is 40.8 Å². The van der Waals surface area contributed by atoms with E-state index in [9.17, 15) is 9.90 Å². The van der Waals surface area contributed by atoms with E-state index >= 15 is 0 Å². The van der Waals surface area contributed by atoms with Crippen molar-refractivity contribution in [3.05, 3.63) is 58.0 Å². The number of pyridine rings is 1. The molecule has 122 valence electrons. The van der Waals surface area contributed by atoms with Gasteiger partial charge in [-0.1, -0.05) is 18.2 Å². The van der Waals surface area contributed by atoms with Crippen LogP contribution in [0.3, 0.4) is 0 Å². The second-order valence-electron chi connectivity index (χ2n) is 6.17. The van der Waals surface area contributed by atoms with Crippen molar-refractivity contribution in [3.8, 4) is 5.75 Å². The number of hydrogen-bond donors (Lipinski definition) is 1. The summed E-state index contributed by atoms with van der Waals surface area (Å²) in [6.45, 7) is 6.77. The second kappa shape index (κ2) is 6.46. The lowest BCUT2D eigenvalue weighted by atomic mass is 10.1. The summed E-state index contributed by atoms with van der Waals surface area (Å²) in [7, 11) is 1.86. The Bertz CT molecular complexity index is 746. The molecule has 2 heterocycles. The van der Waals surface area contributed by atoms with Crippen molar-refractivity contribution in [2.75, 3.05) is 31.1 Å². The highest BCUT2D eigenvalue weighted by molar-refractivity contribution is 5.53. The lowest BCUT2D eigenvalue weighted by Gasteiger charge is -2.37. The van der Waals surface area contributed by atoms with Gasteiger partial charge in [-0.2, -0.15) is 0 Å². The van der Waals surface area contributed by atoms with Gasteiger partial charge in [0.2, 0.25) is 5.43 Å². The minimum atomic E-state index is -0.309. The van der Waals surface area contributed by atoms with Gasteiger partial charge in [-0.25, -0.2) is 0 Å². The Morgan fingerprint density at radius 3 is 2.52 bits per heavy atom. The van der Waals surface area contributed by atoms with E-state index in [1.165, 1.54) is 23.5 Å². The van der Waals surface area contributed by atoms with Crippen molar-refractivity contribution in [3.63, 3.8) is 0 Å². The molecule has 1 N–H and O–H groups in total. The van der Waals surface area contributed by atoms with Gasteiger partial charge in [0.05, 0.1) is 0 Å². The first kappa shape index (κ1) is 15.6. The maximum Gasteiger partial charge on any atom is 0.223 e. The van der Waals surface area contributed by atoms with E-state index in [1.807, 2.05) is 11.6 Å². The molecule has 0 amide bonds. The smallest absolute Gasteiger partial charge is 0.223 e. The normalized spacial score (nSPS) is 15.8. The summed E-state index contributed by atoms with van der Waals surface area (Å²) in [4.78, 5) is 16.4. The SMILES string of the molecule is Cc1ccccc1N1CCN(Cc2cc(=O)c(O)cn2C)CC1. The molecule has 1 aliphatic heterocycles. The van der Waals surface area contributed by atoms with Crippen LogP contribution in [0, 0.1) is 6.92 Å². The molecule has 3 rings (SSSR count). The van der Waals surface area contributed by atoms with E-state index in [1.54, 1.807) is 0 Å². The zero-order chi connectivity index (χ0) is 16.4. The molecule has 5 nitrogen and oxygen atoms in total. The Labute approximate surface area is 136 Å². The van der Waals surface area contributed by atoms with Crippen LogP contribution in [0.1, 0.15) is 11.3 Å². The maximum absolute atomic E-state index is 11.6. The third-order valence-corrected chi connectivity index (χ3v) is 4.53. The van der Waals surface area contributed by atoms with Crippen LogP contribution in [0.5, 0.6) is 5.75 Å². The predicted octanol–water partition coefficient (Wildman–Crippen LogP) is 1.72. The summed E-state index contributed by atoms with van der Waals surface area (Å²) in [6.07, 6.45) is 1.49. The average molecular weight is 313 g/mol. The minimum Gasteiger partial charge on any atom is -0.503 e. The Morgan fingerprint density at radius 1 is 1.13 bits per heavy atom. The zero-order valence-electron chi connectivity index (χ0n) is 13.7. The third kappa shape index (κ3) is 3.40. The number of piperazine rings is 1. The number of para-hydroxylation sites is 1. The van der Waals surface area contributed by atoms with E-state index in [0.29, 0.717) is 0 Å². The van der Waals surface area contributed by atoms with Gasteiger partial charge in [-0.15, -0.1) is 0 Å². The zero-order valence-corrected chi connectivity index (χ0v) is 13.7. The van der Waals surface area contributed by atoms with E-state index in [0.717, 1.165) is 38.4 Å². The first-order chi connectivity index (χ1) is 11.0. The summed E-state index contributed by atoms with van der Waals surface area (Å²) in [5.74, 6) is -0.194. The molecule has 0 bridgehead atoms. The summed E-state index contributed by atoms with van der Waals surface area (Å²) in [5, 5.41) is 9.46. The van der Waals surface area contributed by atoms with Gasteiger partial charge in [0.1, 0.15) is 0 Å². The van der Waals surface area contributed by atoms with Crippen LogP contribution in [0.2, 0.25) is 0 Å². The van der Waals surface area contributed by atoms with Gasteiger partial charge in [-0.3, -0.25) is 9.69 Å². The molecular formula is C18H23N3O2. The summed E-state index contributed by atoms with van der Waals surface area (Å²) < 4.78 is 1.82. The topological polar surface area (TPSA) is 48.7 Å². The van der Waals surface area contributed by atoms with E-state index in [2.05, 4.69) is 41.0 Å². The van der Waals surface area contributed by atoms with Gasteiger partial charge in [0.25, 0.3) is 0 Å². The van der Waals surface area contributed by atoms with Crippen LogP contribution >= 0.6 is 0 Å². The van der Waals surface area contributed by atoms with Crippen LogP contribution in [0.25, 0.3) is 0 Å². The number of nitrogens with zero attached hydrogens (tertiary/aromatic N) is 3. The lowest BCUT2D eigenvalue weighted by Crippen LogP contribution is -2.46. The number of anilines is 1. The molecule has 23 heavy (non-hydrogen) atoms. The molecule has 0 aliphatic carbocycles. The highest BCUT2D eigenvalue weighted by Gasteiger charge is 2.19. The number of rotatable bonds is 3. The quantitative estimate of drug-likeness (QED) is 0.937. The molecule has 1 aromatic carbocycles. The number of aryl methyl sites for hydroxylation is 2. The molecule has 1 aliphatic rings. The standard InChI is InChI=1S/C18H23N3O2/c1-14-5-3-4-6-16(14)21-9-7-20(8-10-21)12-15-11-17(22)18(23)13-19(15)2/h3-6,11,13,23H,7-10,12H2,1-2H3. The molecule has 5 heteroatoms. The Balaban J connectivity index is 1.65. The monoisotopic (exact) mass is 313 g/mol. The fourth-order valence-electron chi connectivity index (χ4n) is 3.11. The largest absolute Gasteiger partial charge is 0.503 e.